The van der Waals surface area contributed by atoms with E-state index in [2.05, 4.69) is 4.99 Å². The molecule has 0 N–H and O–H groups in total. The van der Waals surface area contributed by atoms with Gasteiger partial charge < -0.3 is 4.57 Å². The fourth-order valence-electron chi connectivity index (χ4n) is 4.09. The predicted octanol–water partition coefficient (Wildman–Crippen LogP) is 3.84. The Morgan fingerprint density at radius 3 is 2.61 bits per heavy atom. The van der Waals surface area contributed by atoms with Crippen molar-refractivity contribution in [2.45, 2.75) is 43.5 Å². The van der Waals surface area contributed by atoms with E-state index in [1.165, 1.54) is 47.7 Å². The minimum Gasteiger partial charge on any atom is -0.319 e. The molecular weight excluding hydrogens is 464 g/mol. The third-order valence-electron chi connectivity index (χ3n) is 5.95. The van der Waals surface area contributed by atoms with Crippen molar-refractivity contribution in [3.63, 3.8) is 0 Å². The molecule has 174 valence electrons. The molecule has 1 amide bonds. The maximum Gasteiger partial charge on any atom is 0.279 e. The van der Waals surface area contributed by atoms with Crippen molar-refractivity contribution in [3.8, 4) is 0 Å². The Kier molecular flexibility index (Phi) is 6.46. The first kappa shape index (κ1) is 23.3. The van der Waals surface area contributed by atoms with Crippen LogP contribution in [-0.2, 0) is 17.1 Å². The van der Waals surface area contributed by atoms with Crippen molar-refractivity contribution in [2.24, 2.45) is 12.0 Å². The molecule has 1 aromatic heterocycles. The molecule has 1 atom stereocenters. The number of piperidine rings is 1. The Hall–Kier alpha value is -2.89. The van der Waals surface area contributed by atoms with Gasteiger partial charge in [-0.3, -0.25) is 14.9 Å². The number of benzene rings is 2. The normalized spacial score (nSPS) is 18.0. The first-order valence-corrected chi connectivity index (χ1v) is 12.9. The number of nitro groups is 1. The summed E-state index contributed by atoms with van der Waals surface area (Å²) < 4.78 is 30.2. The summed E-state index contributed by atoms with van der Waals surface area (Å²) in [5, 5.41) is 11.0. The number of fused-ring (bicyclic) bond motifs is 1. The van der Waals surface area contributed by atoms with Gasteiger partial charge in [-0.15, -0.1) is 0 Å². The van der Waals surface area contributed by atoms with Gasteiger partial charge in [-0.1, -0.05) is 24.7 Å². The number of aromatic nitrogens is 1. The van der Waals surface area contributed by atoms with Gasteiger partial charge in [-0.2, -0.15) is 9.30 Å². The van der Waals surface area contributed by atoms with Gasteiger partial charge in [-0.25, -0.2) is 8.42 Å². The van der Waals surface area contributed by atoms with E-state index >= 15 is 0 Å². The van der Waals surface area contributed by atoms with Crippen LogP contribution in [0, 0.1) is 10.1 Å². The second-order valence-corrected chi connectivity index (χ2v) is 10.9. The maximum absolute atomic E-state index is 13.1. The highest BCUT2D eigenvalue weighted by molar-refractivity contribution is 7.89. The van der Waals surface area contributed by atoms with Crippen LogP contribution in [0.5, 0.6) is 0 Å². The van der Waals surface area contributed by atoms with Crippen LogP contribution in [0.2, 0.25) is 0 Å². The van der Waals surface area contributed by atoms with Crippen molar-refractivity contribution < 1.29 is 18.1 Å². The topological polar surface area (TPSA) is 115 Å². The van der Waals surface area contributed by atoms with Gasteiger partial charge in [0.2, 0.25) is 10.0 Å². The van der Waals surface area contributed by atoms with Gasteiger partial charge in [0.25, 0.3) is 11.6 Å². The molecule has 1 fully saturated rings. The molecule has 0 radical (unpaired) electrons. The highest BCUT2D eigenvalue weighted by Gasteiger charge is 2.32. The average Bonchev–Trinajstić information content (AvgIpc) is 3.13. The summed E-state index contributed by atoms with van der Waals surface area (Å²) >= 11 is 1.25. The molecule has 1 aliphatic rings. The minimum absolute atomic E-state index is 0.00356. The molecule has 3 aromatic rings. The van der Waals surface area contributed by atoms with Crippen molar-refractivity contribution in [1.82, 2.24) is 8.87 Å². The zero-order valence-electron chi connectivity index (χ0n) is 18.3. The third kappa shape index (κ3) is 4.48. The fraction of sp³-hybridized carbons (Fsp3) is 0.364. The summed E-state index contributed by atoms with van der Waals surface area (Å²) in [7, 11) is -1.94. The predicted molar refractivity (Wildman–Crippen MR) is 126 cm³/mol. The number of amides is 1. The second-order valence-electron chi connectivity index (χ2n) is 7.97. The molecule has 2 aromatic carbocycles. The summed E-state index contributed by atoms with van der Waals surface area (Å²) in [5.74, 6) is -0.514. The smallest absolute Gasteiger partial charge is 0.279 e. The number of sulfonamides is 1. The average molecular weight is 489 g/mol. The van der Waals surface area contributed by atoms with Crippen LogP contribution < -0.4 is 4.80 Å². The molecule has 33 heavy (non-hydrogen) atoms. The molecule has 0 saturated carbocycles. The van der Waals surface area contributed by atoms with Gasteiger partial charge in [-0.05, 0) is 49.6 Å². The number of carbonyl (C=O) groups excluding carboxylic acids is 1. The molecule has 9 nitrogen and oxygen atoms in total. The molecule has 2 heterocycles. The van der Waals surface area contributed by atoms with Gasteiger partial charge in [0.05, 0.1) is 20.0 Å². The summed E-state index contributed by atoms with van der Waals surface area (Å²) in [6.45, 7) is 2.51. The van der Waals surface area contributed by atoms with Crippen LogP contribution in [0.25, 0.3) is 10.2 Å². The highest BCUT2D eigenvalue weighted by atomic mass is 32.2. The quantitative estimate of drug-likeness (QED) is 0.400. The first-order valence-electron chi connectivity index (χ1n) is 10.7. The van der Waals surface area contributed by atoms with Crippen LogP contribution in [0.4, 0.5) is 5.69 Å². The molecule has 1 unspecified atom stereocenters. The lowest BCUT2D eigenvalue weighted by Gasteiger charge is -2.34. The monoisotopic (exact) mass is 488 g/mol. The van der Waals surface area contributed by atoms with E-state index in [-0.39, 0.29) is 22.2 Å². The summed E-state index contributed by atoms with van der Waals surface area (Å²) in [6, 6.07) is 10.3. The molecule has 0 aliphatic carbocycles. The van der Waals surface area contributed by atoms with Crippen LogP contribution in [-0.4, -0.2) is 40.7 Å². The Balaban J connectivity index is 1.62. The number of thiazole rings is 1. The fourth-order valence-corrected chi connectivity index (χ4v) is 6.85. The number of nitro benzene ring substituents is 1. The lowest BCUT2D eigenvalue weighted by Crippen LogP contribution is -2.43. The van der Waals surface area contributed by atoms with Crippen LogP contribution in [0.1, 0.15) is 43.0 Å². The standard InChI is InChI=1S/C22H24N4O5S2/c1-3-16-6-4-5-13-25(16)33(30,31)18-10-7-15(8-11-18)21(27)23-22-24(2)19-14-17(26(28)29)9-12-20(19)32-22/h7-12,14,16H,3-6,13H2,1-2H3. The molecule has 0 bridgehead atoms. The van der Waals surface area contributed by atoms with E-state index in [9.17, 15) is 23.3 Å². The number of non-ortho nitro benzene ring substituents is 1. The number of nitrogens with zero attached hydrogens (tertiary/aromatic N) is 4. The zero-order valence-corrected chi connectivity index (χ0v) is 19.9. The van der Waals surface area contributed by atoms with E-state index in [0.29, 0.717) is 16.9 Å². The molecule has 1 aliphatic heterocycles. The second kappa shape index (κ2) is 9.16. The van der Waals surface area contributed by atoms with Crippen LogP contribution in [0.15, 0.2) is 52.4 Å². The lowest BCUT2D eigenvalue weighted by molar-refractivity contribution is -0.384. The molecule has 0 spiro atoms. The molecule has 1 saturated heterocycles. The van der Waals surface area contributed by atoms with Gasteiger partial charge >= 0.3 is 0 Å². The maximum atomic E-state index is 13.1. The Bertz CT molecular complexity index is 1390. The van der Waals surface area contributed by atoms with Gasteiger partial charge in [0.15, 0.2) is 4.80 Å². The van der Waals surface area contributed by atoms with E-state index in [4.69, 9.17) is 0 Å². The third-order valence-corrected chi connectivity index (χ3v) is 9.03. The number of carbonyl (C=O) groups is 1. The van der Waals surface area contributed by atoms with Crippen LogP contribution in [0.3, 0.4) is 0 Å². The van der Waals surface area contributed by atoms with Gasteiger partial charge in [0.1, 0.15) is 0 Å². The lowest BCUT2D eigenvalue weighted by atomic mass is 10.0. The number of rotatable bonds is 5. The SMILES string of the molecule is CCC1CCCCN1S(=O)(=O)c1ccc(C(=O)N=c2sc3ccc([N+](=O)[O-])cc3n2C)cc1. The van der Waals surface area contributed by atoms with Crippen LogP contribution >= 0.6 is 11.3 Å². The van der Waals surface area contributed by atoms with Crippen molar-refractivity contribution >= 4 is 43.2 Å². The molecule has 11 heteroatoms. The van der Waals surface area contributed by atoms with Crippen molar-refractivity contribution in [3.05, 3.63) is 62.9 Å². The first-order chi connectivity index (χ1) is 15.7. The van der Waals surface area contributed by atoms with E-state index in [1.807, 2.05) is 6.92 Å². The Morgan fingerprint density at radius 2 is 1.94 bits per heavy atom. The van der Waals surface area contributed by atoms with Gasteiger partial charge in [0, 0.05) is 37.3 Å². The zero-order chi connectivity index (χ0) is 23.8. The Morgan fingerprint density at radius 1 is 1.21 bits per heavy atom. The number of aryl methyl sites for hydroxylation is 1. The van der Waals surface area contributed by atoms with Crippen molar-refractivity contribution in [1.29, 1.82) is 0 Å². The number of hydrogen-bond donors (Lipinski definition) is 0. The minimum atomic E-state index is -3.63. The summed E-state index contributed by atoms with van der Waals surface area (Å²) in [5.41, 5.74) is 0.835. The van der Waals surface area contributed by atoms with E-state index in [1.54, 1.807) is 22.0 Å². The Labute approximate surface area is 195 Å². The highest BCUT2D eigenvalue weighted by Crippen LogP contribution is 2.27. The largest absolute Gasteiger partial charge is 0.319 e. The number of hydrogen-bond acceptors (Lipinski definition) is 6. The molecular formula is C22H24N4O5S2. The molecule has 4 rings (SSSR count). The van der Waals surface area contributed by atoms with E-state index in [0.717, 1.165) is 30.4 Å². The van der Waals surface area contributed by atoms with E-state index < -0.39 is 20.9 Å². The van der Waals surface area contributed by atoms with Crippen molar-refractivity contribution in [2.75, 3.05) is 6.54 Å². The summed E-state index contributed by atoms with van der Waals surface area (Å²) in [6.07, 6.45) is 3.51. The summed E-state index contributed by atoms with van der Waals surface area (Å²) in [4.78, 5) is 28.0.